The quantitative estimate of drug-likeness (QED) is 0.819. The first-order chi connectivity index (χ1) is 7.61. The lowest BCUT2D eigenvalue weighted by atomic mass is 10.0. The van der Waals surface area contributed by atoms with Crippen molar-refractivity contribution in [2.24, 2.45) is 5.73 Å². The molecule has 0 radical (unpaired) electrons. The lowest BCUT2D eigenvalue weighted by Crippen LogP contribution is -2.01. The molecule has 16 heavy (non-hydrogen) atoms. The Morgan fingerprint density at radius 2 is 2.12 bits per heavy atom. The van der Waals surface area contributed by atoms with E-state index in [1.165, 1.54) is 0 Å². The summed E-state index contributed by atoms with van der Waals surface area (Å²) in [6, 6.07) is 1.67. The minimum absolute atomic E-state index is 0.183. The van der Waals surface area contributed by atoms with E-state index in [4.69, 9.17) is 10.5 Å². The Morgan fingerprint density at radius 3 is 2.69 bits per heavy atom. The number of phenols is 1. The van der Waals surface area contributed by atoms with Crippen LogP contribution in [0.1, 0.15) is 24.0 Å². The number of rotatable bonds is 5. The summed E-state index contributed by atoms with van der Waals surface area (Å²) in [6.07, 6.45) is 2.86. The molecule has 0 aromatic heterocycles. The first-order valence-electron chi connectivity index (χ1n) is 5.36. The van der Waals surface area contributed by atoms with E-state index in [0.717, 1.165) is 34.9 Å². The largest absolute Gasteiger partial charge is 0.504 e. The summed E-state index contributed by atoms with van der Waals surface area (Å²) in [5.74, 6) is 0.764. The van der Waals surface area contributed by atoms with Crippen LogP contribution in [0.3, 0.4) is 0 Å². The Kier molecular flexibility index (Phi) is 5.09. The highest BCUT2D eigenvalue weighted by molar-refractivity contribution is 9.10. The van der Waals surface area contributed by atoms with Gasteiger partial charge < -0.3 is 15.6 Å². The molecule has 0 aliphatic heterocycles. The van der Waals surface area contributed by atoms with Crippen LogP contribution in [0.5, 0.6) is 11.5 Å². The third-order valence-electron chi connectivity index (χ3n) is 2.67. The second-order valence-electron chi connectivity index (χ2n) is 3.76. The zero-order chi connectivity index (χ0) is 12.1. The summed E-state index contributed by atoms with van der Waals surface area (Å²) in [5, 5.41) is 9.77. The maximum absolute atomic E-state index is 9.77. The molecule has 4 heteroatoms. The molecule has 1 aromatic rings. The molecule has 0 aliphatic rings. The van der Waals surface area contributed by atoms with E-state index in [1.807, 2.05) is 6.92 Å². The van der Waals surface area contributed by atoms with Gasteiger partial charge in [-0.15, -0.1) is 0 Å². The van der Waals surface area contributed by atoms with E-state index in [2.05, 4.69) is 15.9 Å². The third-order valence-corrected chi connectivity index (χ3v) is 3.49. The summed E-state index contributed by atoms with van der Waals surface area (Å²) in [4.78, 5) is 0. The second-order valence-corrected chi connectivity index (χ2v) is 4.61. The van der Waals surface area contributed by atoms with Crippen molar-refractivity contribution in [3.05, 3.63) is 21.7 Å². The van der Waals surface area contributed by atoms with E-state index in [1.54, 1.807) is 13.2 Å². The SMILES string of the molecule is COc1c(O)cc(Br)c(C)c1CCCCN. The molecule has 0 saturated carbocycles. The topological polar surface area (TPSA) is 55.5 Å². The molecule has 0 amide bonds. The van der Waals surface area contributed by atoms with Gasteiger partial charge in [-0.3, -0.25) is 0 Å². The van der Waals surface area contributed by atoms with Gasteiger partial charge in [0.05, 0.1) is 7.11 Å². The molecule has 0 saturated heterocycles. The van der Waals surface area contributed by atoms with Crippen molar-refractivity contribution < 1.29 is 9.84 Å². The number of methoxy groups -OCH3 is 1. The molecule has 1 aromatic carbocycles. The Morgan fingerprint density at radius 1 is 1.44 bits per heavy atom. The van der Waals surface area contributed by atoms with Gasteiger partial charge in [0.25, 0.3) is 0 Å². The maximum atomic E-state index is 9.77. The first-order valence-corrected chi connectivity index (χ1v) is 6.16. The minimum Gasteiger partial charge on any atom is -0.504 e. The van der Waals surface area contributed by atoms with Crippen LogP contribution in [0, 0.1) is 6.92 Å². The van der Waals surface area contributed by atoms with E-state index in [0.29, 0.717) is 12.3 Å². The smallest absolute Gasteiger partial charge is 0.164 e. The maximum Gasteiger partial charge on any atom is 0.164 e. The second kappa shape index (κ2) is 6.11. The summed E-state index contributed by atoms with van der Waals surface area (Å²) in [5.41, 5.74) is 7.65. The average Bonchev–Trinajstić information content (AvgIpc) is 2.25. The highest BCUT2D eigenvalue weighted by Gasteiger charge is 2.14. The van der Waals surface area contributed by atoms with Gasteiger partial charge in [0.2, 0.25) is 0 Å². The van der Waals surface area contributed by atoms with Crippen molar-refractivity contribution in [3.63, 3.8) is 0 Å². The molecule has 0 heterocycles. The summed E-state index contributed by atoms with van der Waals surface area (Å²) in [6.45, 7) is 2.71. The molecule has 3 nitrogen and oxygen atoms in total. The fourth-order valence-corrected chi connectivity index (χ4v) is 2.19. The van der Waals surface area contributed by atoms with Crippen LogP contribution in [0.2, 0.25) is 0 Å². The molecule has 0 unspecified atom stereocenters. The number of aromatic hydroxyl groups is 1. The van der Waals surface area contributed by atoms with E-state index < -0.39 is 0 Å². The number of hydrogen-bond acceptors (Lipinski definition) is 3. The molecule has 0 bridgehead atoms. The summed E-state index contributed by atoms with van der Waals surface area (Å²) >= 11 is 3.43. The van der Waals surface area contributed by atoms with Crippen LogP contribution in [-0.2, 0) is 6.42 Å². The Labute approximate surface area is 105 Å². The van der Waals surface area contributed by atoms with Gasteiger partial charge in [-0.25, -0.2) is 0 Å². The Bertz CT molecular complexity index is 367. The monoisotopic (exact) mass is 287 g/mol. The molecule has 90 valence electrons. The third kappa shape index (κ3) is 2.89. The van der Waals surface area contributed by atoms with Crippen LogP contribution in [0.25, 0.3) is 0 Å². The number of hydrogen-bond donors (Lipinski definition) is 2. The Hall–Kier alpha value is -0.740. The summed E-state index contributed by atoms with van der Waals surface area (Å²) < 4.78 is 6.15. The van der Waals surface area contributed by atoms with E-state index >= 15 is 0 Å². The van der Waals surface area contributed by atoms with Crippen molar-refractivity contribution >= 4 is 15.9 Å². The van der Waals surface area contributed by atoms with Crippen LogP contribution in [-0.4, -0.2) is 18.8 Å². The van der Waals surface area contributed by atoms with Gasteiger partial charge in [0, 0.05) is 10.0 Å². The van der Waals surface area contributed by atoms with E-state index in [-0.39, 0.29) is 5.75 Å². The number of unbranched alkanes of at least 4 members (excludes halogenated alkanes) is 1. The van der Waals surface area contributed by atoms with Crippen molar-refractivity contribution in [1.82, 2.24) is 0 Å². The summed E-state index contributed by atoms with van der Waals surface area (Å²) in [7, 11) is 1.58. The van der Waals surface area contributed by atoms with Crippen LogP contribution in [0.4, 0.5) is 0 Å². The van der Waals surface area contributed by atoms with Gasteiger partial charge in [0.1, 0.15) is 0 Å². The molecule has 0 atom stereocenters. The predicted octanol–water partition coefficient (Wildman–Crippen LogP) is 2.75. The number of halogens is 1. The normalized spacial score (nSPS) is 10.5. The van der Waals surface area contributed by atoms with Crippen LogP contribution < -0.4 is 10.5 Å². The van der Waals surface area contributed by atoms with Gasteiger partial charge in [-0.05, 0) is 44.4 Å². The Balaban J connectivity index is 3.02. The number of ether oxygens (including phenoxy) is 1. The number of nitrogens with two attached hydrogens (primary N) is 1. The molecule has 0 spiro atoms. The van der Waals surface area contributed by atoms with Crippen molar-refractivity contribution in [3.8, 4) is 11.5 Å². The van der Waals surface area contributed by atoms with Crippen molar-refractivity contribution in [2.75, 3.05) is 13.7 Å². The molecular weight excluding hydrogens is 270 g/mol. The zero-order valence-corrected chi connectivity index (χ0v) is 11.3. The standard InChI is InChI=1S/C12H18BrNO2/c1-8-9(5-3-4-6-14)12(16-2)11(15)7-10(8)13/h7,15H,3-6,14H2,1-2H3. The molecule has 0 fully saturated rings. The average molecular weight is 288 g/mol. The fraction of sp³-hybridized carbons (Fsp3) is 0.500. The highest BCUT2D eigenvalue weighted by Crippen LogP contribution is 2.37. The fourth-order valence-electron chi connectivity index (χ4n) is 1.74. The molecule has 0 aliphatic carbocycles. The van der Waals surface area contributed by atoms with Gasteiger partial charge >= 0.3 is 0 Å². The molecule has 1 rings (SSSR count). The highest BCUT2D eigenvalue weighted by atomic mass is 79.9. The minimum atomic E-state index is 0.183. The van der Waals surface area contributed by atoms with Crippen LogP contribution in [0.15, 0.2) is 10.5 Å². The van der Waals surface area contributed by atoms with E-state index in [9.17, 15) is 5.11 Å². The molecular formula is C12H18BrNO2. The molecule has 3 N–H and O–H groups in total. The van der Waals surface area contributed by atoms with Crippen molar-refractivity contribution in [2.45, 2.75) is 26.2 Å². The van der Waals surface area contributed by atoms with Crippen molar-refractivity contribution in [1.29, 1.82) is 0 Å². The lowest BCUT2D eigenvalue weighted by molar-refractivity contribution is 0.368. The van der Waals surface area contributed by atoms with Crippen LogP contribution >= 0.6 is 15.9 Å². The number of benzene rings is 1. The predicted molar refractivity (Wildman–Crippen MR) is 69.1 cm³/mol. The van der Waals surface area contributed by atoms with Gasteiger partial charge in [-0.1, -0.05) is 15.9 Å². The van der Waals surface area contributed by atoms with Gasteiger partial charge in [0.15, 0.2) is 11.5 Å². The lowest BCUT2D eigenvalue weighted by Gasteiger charge is -2.14. The first kappa shape index (κ1) is 13.3. The van der Waals surface area contributed by atoms with Gasteiger partial charge in [-0.2, -0.15) is 0 Å². The zero-order valence-electron chi connectivity index (χ0n) is 9.72. The number of phenolic OH excluding ortho intramolecular Hbond substituents is 1.